The van der Waals surface area contributed by atoms with E-state index in [4.69, 9.17) is 9.84 Å². The number of ether oxygens (including phenoxy) is 1. The molecule has 136 valence electrons. The van der Waals surface area contributed by atoms with Gasteiger partial charge in [-0.2, -0.15) is 0 Å². The van der Waals surface area contributed by atoms with Crippen molar-refractivity contribution in [2.75, 3.05) is 5.32 Å². The zero-order chi connectivity index (χ0) is 18.7. The molecule has 2 N–H and O–H groups in total. The Morgan fingerprint density at radius 3 is 2.54 bits per heavy atom. The molecule has 1 amide bonds. The predicted octanol–water partition coefficient (Wildman–Crippen LogP) is 1.61. The van der Waals surface area contributed by atoms with Crippen LogP contribution in [0.1, 0.15) is 18.4 Å². The molecule has 0 unspecified atom stereocenters. The number of rotatable bonds is 5. The van der Waals surface area contributed by atoms with Gasteiger partial charge in [0.25, 0.3) is 11.5 Å². The maximum absolute atomic E-state index is 13.0. The van der Waals surface area contributed by atoms with Gasteiger partial charge in [-0.25, -0.2) is 9.18 Å². The Balaban J connectivity index is 1.71. The van der Waals surface area contributed by atoms with Crippen molar-refractivity contribution in [2.24, 2.45) is 0 Å². The van der Waals surface area contributed by atoms with Gasteiger partial charge in [0.05, 0.1) is 6.54 Å². The molecule has 2 aromatic rings. The molecule has 0 bridgehead atoms. The fourth-order valence-corrected chi connectivity index (χ4v) is 2.77. The second-order valence-electron chi connectivity index (χ2n) is 6.00. The average Bonchev–Trinajstić information content (AvgIpc) is 3.11. The number of carboxylic acid groups (broad SMARTS) is 1. The van der Waals surface area contributed by atoms with Crippen molar-refractivity contribution in [3.8, 4) is 0 Å². The minimum Gasteiger partial charge on any atom is -0.479 e. The zero-order valence-electron chi connectivity index (χ0n) is 13.7. The fraction of sp³-hybridized carbons (Fsp3) is 0.278. The second kappa shape index (κ2) is 7.49. The highest BCUT2D eigenvalue weighted by molar-refractivity contribution is 5.94. The van der Waals surface area contributed by atoms with Crippen LogP contribution in [0.15, 0.2) is 47.4 Å². The number of carbonyl (C=O) groups is 2. The first-order valence-electron chi connectivity index (χ1n) is 8.07. The topological polar surface area (TPSA) is 97.6 Å². The normalized spacial score (nSPS) is 19.3. The lowest BCUT2D eigenvalue weighted by atomic mass is 10.2. The van der Waals surface area contributed by atoms with Crippen LogP contribution < -0.4 is 10.9 Å². The number of hydrogen-bond donors (Lipinski definition) is 2. The molecule has 2 heterocycles. The van der Waals surface area contributed by atoms with E-state index in [1.165, 1.54) is 22.8 Å². The molecule has 1 aromatic carbocycles. The van der Waals surface area contributed by atoms with Gasteiger partial charge in [0.15, 0.2) is 6.10 Å². The third kappa shape index (κ3) is 3.97. The smallest absolute Gasteiger partial charge is 0.332 e. The number of pyridine rings is 1. The first-order valence-corrected chi connectivity index (χ1v) is 8.07. The quantitative estimate of drug-likeness (QED) is 0.844. The molecule has 7 nitrogen and oxygen atoms in total. The molecule has 1 fully saturated rings. The SMILES string of the molecule is O=C(Nc1cccn(Cc2ccc(F)cc2)c1=O)[C@@H]1CC[C@H](C(=O)O)O1. The van der Waals surface area contributed by atoms with Crippen molar-refractivity contribution in [2.45, 2.75) is 31.6 Å². The van der Waals surface area contributed by atoms with Crippen LogP contribution in [-0.4, -0.2) is 33.8 Å². The summed E-state index contributed by atoms with van der Waals surface area (Å²) < 4.78 is 19.5. The van der Waals surface area contributed by atoms with Crippen molar-refractivity contribution in [3.05, 3.63) is 64.3 Å². The molecule has 0 aliphatic carbocycles. The highest BCUT2D eigenvalue weighted by atomic mass is 19.1. The van der Waals surface area contributed by atoms with Gasteiger partial charge in [-0.1, -0.05) is 12.1 Å². The molecule has 1 aromatic heterocycles. The number of nitrogens with one attached hydrogen (secondary N) is 1. The monoisotopic (exact) mass is 360 g/mol. The van der Waals surface area contributed by atoms with Gasteiger partial charge in [-0.15, -0.1) is 0 Å². The number of halogens is 1. The summed E-state index contributed by atoms with van der Waals surface area (Å²) in [5.74, 6) is -2.02. The van der Waals surface area contributed by atoms with Gasteiger partial charge < -0.3 is 19.7 Å². The maximum atomic E-state index is 13.0. The van der Waals surface area contributed by atoms with Crippen LogP contribution in [-0.2, 0) is 20.9 Å². The maximum Gasteiger partial charge on any atom is 0.332 e. The summed E-state index contributed by atoms with van der Waals surface area (Å²) in [4.78, 5) is 35.6. The van der Waals surface area contributed by atoms with Crippen LogP contribution in [0.5, 0.6) is 0 Å². The Morgan fingerprint density at radius 1 is 1.19 bits per heavy atom. The Bertz CT molecular complexity index is 878. The van der Waals surface area contributed by atoms with Crippen LogP contribution in [0.25, 0.3) is 0 Å². The van der Waals surface area contributed by atoms with Crippen LogP contribution in [0.2, 0.25) is 0 Å². The highest BCUT2D eigenvalue weighted by Gasteiger charge is 2.34. The first kappa shape index (κ1) is 17.8. The zero-order valence-corrected chi connectivity index (χ0v) is 13.7. The molecule has 8 heteroatoms. The Morgan fingerprint density at radius 2 is 1.88 bits per heavy atom. The van der Waals surface area contributed by atoms with E-state index in [0.717, 1.165) is 5.56 Å². The summed E-state index contributed by atoms with van der Waals surface area (Å²) in [6.07, 6.45) is 0.183. The summed E-state index contributed by atoms with van der Waals surface area (Å²) in [5, 5.41) is 11.4. The van der Waals surface area contributed by atoms with Crippen molar-refractivity contribution in [1.29, 1.82) is 0 Å². The number of carboxylic acids is 1. The molecule has 0 spiro atoms. The Kier molecular flexibility index (Phi) is 5.13. The van der Waals surface area contributed by atoms with E-state index >= 15 is 0 Å². The van der Waals surface area contributed by atoms with Crippen molar-refractivity contribution in [3.63, 3.8) is 0 Å². The molecule has 2 atom stereocenters. The van der Waals surface area contributed by atoms with Gasteiger partial charge in [-0.3, -0.25) is 9.59 Å². The highest BCUT2D eigenvalue weighted by Crippen LogP contribution is 2.21. The number of aliphatic carboxylic acids is 1. The van der Waals surface area contributed by atoms with Gasteiger partial charge in [0.1, 0.15) is 17.6 Å². The molecule has 1 saturated heterocycles. The third-order valence-corrected chi connectivity index (χ3v) is 4.13. The number of aromatic nitrogens is 1. The van der Waals surface area contributed by atoms with Gasteiger partial charge in [0.2, 0.25) is 0 Å². The van der Waals surface area contributed by atoms with Crippen molar-refractivity contribution in [1.82, 2.24) is 4.57 Å². The lowest BCUT2D eigenvalue weighted by Crippen LogP contribution is -2.33. The lowest BCUT2D eigenvalue weighted by molar-refractivity contribution is -0.150. The minimum absolute atomic E-state index is 0.0713. The molecule has 0 saturated carbocycles. The Hall–Kier alpha value is -3.00. The van der Waals surface area contributed by atoms with Crippen molar-refractivity contribution < 1.29 is 23.8 Å². The average molecular weight is 360 g/mol. The number of hydrogen-bond acceptors (Lipinski definition) is 4. The van der Waals surface area contributed by atoms with E-state index in [2.05, 4.69) is 5.32 Å². The third-order valence-electron chi connectivity index (χ3n) is 4.13. The summed E-state index contributed by atoms with van der Waals surface area (Å²) in [6.45, 7) is 0.226. The van der Waals surface area contributed by atoms with E-state index in [-0.39, 0.29) is 30.9 Å². The van der Waals surface area contributed by atoms with Gasteiger partial charge in [-0.05, 0) is 42.7 Å². The minimum atomic E-state index is -1.11. The standard InChI is InChI=1S/C18H17FN2O5/c19-12-5-3-11(4-6-12)10-21-9-1-2-13(17(21)23)20-16(22)14-7-8-15(26-14)18(24)25/h1-6,9,14-15H,7-8,10H2,(H,20,22)(H,24,25)/t14-,15+/m0/s1. The molecule has 3 rings (SSSR count). The molecular formula is C18H17FN2O5. The van der Waals surface area contributed by atoms with Crippen LogP contribution in [0.3, 0.4) is 0 Å². The molecule has 1 aliphatic heterocycles. The number of anilines is 1. The lowest BCUT2D eigenvalue weighted by Gasteiger charge is -2.13. The van der Waals surface area contributed by atoms with Crippen LogP contribution in [0.4, 0.5) is 10.1 Å². The van der Waals surface area contributed by atoms with E-state index in [1.54, 1.807) is 24.4 Å². The van der Waals surface area contributed by atoms with Gasteiger partial charge >= 0.3 is 5.97 Å². The summed E-state index contributed by atoms with van der Waals surface area (Å²) in [5.41, 5.74) is 0.389. The largest absolute Gasteiger partial charge is 0.479 e. The fourth-order valence-electron chi connectivity index (χ4n) is 2.77. The van der Waals surface area contributed by atoms with Crippen LogP contribution in [0, 0.1) is 5.82 Å². The molecular weight excluding hydrogens is 343 g/mol. The summed E-state index contributed by atoms with van der Waals surface area (Å²) >= 11 is 0. The van der Waals surface area contributed by atoms with E-state index in [1.807, 2.05) is 0 Å². The number of carbonyl (C=O) groups excluding carboxylic acids is 1. The first-order chi connectivity index (χ1) is 12.4. The second-order valence-corrected chi connectivity index (χ2v) is 6.00. The number of amides is 1. The van der Waals surface area contributed by atoms with E-state index < -0.39 is 29.6 Å². The van der Waals surface area contributed by atoms with E-state index in [0.29, 0.717) is 0 Å². The van der Waals surface area contributed by atoms with Crippen molar-refractivity contribution >= 4 is 17.6 Å². The molecule has 0 radical (unpaired) electrons. The number of nitrogens with zero attached hydrogens (tertiary/aromatic N) is 1. The summed E-state index contributed by atoms with van der Waals surface area (Å²) in [7, 11) is 0. The number of benzene rings is 1. The molecule has 1 aliphatic rings. The van der Waals surface area contributed by atoms with Crippen LogP contribution >= 0.6 is 0 Å². The van der Waals surface area contributed by atoms with Gasteiger partial charge in [0, 0.05) is 6.20 Å². The summed E-state index contributed by atoms with van der Waals surface area (Å²) in [6, 6.07) is 8.84. The molecule has 26 heavy (non-hydrogen) atoms. The van der Waals surface area contributed by atoms with E-state index in [9.17, 15) is 18.8 Å². The Labute approximate surface area is 148 Å². The predicted molar refractivity (Wildman–Crippen MR) is 90.4 cm³/mol.